The number of primary amides is 1. The summed E-state index contributed by atoms with van der Waals surface area (Å²) in [6.07, 6.45) is -2.51. The zero-order chi connectivity index (χ0) is 21.5. The molecule has 0 spiro atoms. The van der Waals surface area contributed by atoms with Crippen LogP contribution in [0.3, 0.4) is 0 Å². The van der Waals surface area contributed by atoms with E-state index in [1.165, 1.54) is 0 Å². The molecular weight excluding hydrogens is 508 g/mol. The largest absolute Gasteiger partial charge is 1.00 e. The predicted octanol–water partition coefficient (Wildman–Crippen LogP) is -2.72. The van der Waals surface area contributed by atoms with E-state index in [0.29, 0.717) is 16.5 Å². The van der Waals surface area contributed by atoms with Crippen LogP contribution in [0, 0.1) is 5.82 Å². The molecule has 160 valence electrons. The number of carbonyl (C=O) groups is 2. The van der Waals surface area contributed by atoms with Crippen molar-refractivity contribution in [3.63, 3.8) is 0 Å². The number of hydrogen-bond donors (Lipinski definition) is 3. The number of methoxy groups -OCH3 is 1. The molecule has 1 aromatic heterocycles. The predicted molar refractivity (Wildman–Crippen MR) is 96.4 cm³/mol. The molecule has 0 fully saturated rings. The van der Waals surface area contributed by atoms with Crippen molar-refractivity contribution in [2.75, 3.05) is 26.1 Å². The number of thioether (sulfide) groups is 1. The van der Waals surface area contributed by atoms with Gasteiger partial charge < -0.3 is 35.2 Å². The van der Waals surface area contributed by atoms with E-state index in [2.05, 4.69) is 5.10 Å². The first-order chi connectivity index (χ1) is 13.0. The summed E-state index contributed by atoms with van der Waals surface area (Å²) in [5.41, 5.74) is 9.95. The number of amides is 1. The Morgan fingerprint density at radius 1 is 1.59 bits per heavy atom. The molecule has 4 atom stereocenters. The number of nitrogens with one attached hydrogen (secondary N) is 1. The molecule has 0 radical (unpaired) electrons. The number of aromatic nitrogens is 2. The standard InChI is InChI=1S/C13H22FN4O8PS.Rb/c1-13(22,18-5-8(14)10(17-18)12(15)21)11(20)9(24-2)6-26-27(16,23)25-3-4-28-7-19;/h5,7,9,11,20,22H,3-4,6H2,1-2H3,(H4,15,16,21,23);/q;+1/p-1/t9?,11-,13?,27?;/m0./s1. The number of halogens is 1. The smallest absolute Gasteiger partial charge is 0.571 e. The number of rotatable bonds is 13. The number of nitrogens with zero attached hydrogens (tertiary/aromatic N) is 2. The first-order valence-corrected chi connectivity index (χ1v) is 10.2. The first-order valence-electron chi connectivity index (χ1n) is 7.64. The summed E-state index contributed by atoms with van der Waals surface area (Å²) in [4.78, 5) is 21.3. The Balaban J connectivity index is 0.00000784. The monoisotopic (exact) mass is 528 g/mol. The van der Waals surface area contributed by atoms with E-state index in [1.807, 2.05) is 0 Å². The summed E-state index contributed by atoms with van der Waals surface area (Å²) >= 11 is 0.852. The third kappa shape index (κ3) is 8.83. The minimum Gasteiger partial charge on any atom is -0.571 e. The Labute approximate surface area is 219 Å². The molecule has 29 heavy (non-hydrogen) atoms. The van der Waals surface area contributed by atoms with Gasteiger partial charge in [0.25, 0.3) is 5.91 Å². The van der Waals surface area contributed by atoms with Crippen LogP contribution in [0.5, 0.6) is 0 Å². The summed E-state index contributed by atoms with van der Waals surface area (Å²) < 4.78 is 40.6. The Hall–Kier alpha value is 0.425. The quantitative estimate of drug-likeness (QED) is 0.138. The molecule has 0 bridgehead atoms. The van der Waals surface area contributed by atoms with Crippen LogP contribution in [0.4, 0.5) is 4.39 Å². The van der Waals surface area contributed by atoms with Gasteiger partial charge in [-0.15, -0.1) is 0 Å². The zero-order valence-electron chi connectivity index (χ0n) is 16.0. The van der Waals surface area contributed by atoms with Gasteiger partial charge in [0.1, 0.15) is 12.2 Å². The van der Waals surface area contributed by atoms with E-state index >= 15 is 0 Å². The molecule has 3 unspecified atom stereocenters. The van der Waals surface area contributed by atoms with Crippen LogP contribution >= 0.6 is 19.5 Å². The van der Waals surface area contributed by atoms with Gasteiger partial charge in [0.2, 0.25) is 7.75 Å². The minimum absolute atomic E-state index is 0. The number of ether oxygens (including phenoxy) is 1. The summed E-state index contributed by atoms with van der Waals surface area (Å²) in [6, 6.07) is 0. The molecule has 5 N–H and O–H groups in total. The molecule has 1 amide bonds. The van der Waals surface area contributed by atoms with E-state index in [9.17, 15) is 28.8 Å². The van der Waals surface area contributed by atoms with E-state index in [0.717, 1.165) is 25.8 Å². The molecule has 0 saturated carbocycles. The molecule has 0 aliphatic carbocycles. The van der Waals surface area contributed by atoms with Crippen LogP contribution in [-0.2, 0) is 28.9 Å². The molecular formula is C13H21FN4O8PRbS. The number of aliphatic hydroxyl groups is 2. The van der Waals surface area contributed by atoms with Crippen molar-refractivity contribution in [2.24, 2.45) is 5.73 Å². The number of carbonyl (C=O) groups excluding carboxylic acids is 2. The maximum absolute atomic E-state index is 13.7. The second-order valence-electron chi connectivity index (χ2n) is 5.54. The fraction of sp³-hybridized carbons (Fsp3) is 0.615. The van der Waals surface area contributed by atoms with E-state index in [-0.39, 0.29) is 70.5 Å². The second-order valence-corrected chi connectivity index (χ2v) is 7.99. The third-order valence-electron chi connectivity index (χ3n) is 3.52. The minimum atomic E-state index is -4.28. The van der Waals surface area contributed by atoms with Gasteiger partial charge in [-0.2, -0.15) is 5.10 Å². The number of nitrogens with two attached hydrogens (primary N) is 1. The van der Waals surface area contributed by atoms with Crippen LogP contribution < -0.4 is 63.9 Å². The van der Waals surface area contributed by atoms with Crippen molar-refractivity contribution >= 4 is 31.0 Å². The van der Waals surface area contributed by atoms with Gasteiger partial charge in [-0.05, 0) is 6.92 Å². The second kappa shape index (κ2) is 13.1. The summed E-state index contributed by atoms with van der Waals surface area (Å²) in [5, 5.41) is 24.4. The Morgan fingerprint density at radius 2 is 2.21 bits per heavy atom. The first kappa shape index (κ1) is 29.4. The average molecular weight is 529 g/mol. The molecule has 12 nitrogen and oxygen atoms in total. The summed E-state index contributed by atoms with van der Waals surface area (Å²) in [5.74, 6) is -2.12. The van der Waals surface area contributed by atoms with Gasteiger partial charge in [-0.3, -0.25) is 14.2 Å². The average Bonchev–Trinajstić information content (AvgIpc) is 3.02. The fourth-order valence-electron chi connectivity index (χ4n) is 1.99. The molecule has 1 rings (SSSR count). The Bertz CT molecular complexity index is 740. The van der Waals surface area contributed by atoms with Crippen LogP contribution in [0.2, 0.25) is 0 Å². The molecule has 16 heteroatoms. The van der Waals surface area contributed by atoms with Crippen LogP contribution in [0.25, 0.3) is 5.50 Å². The number of hydrogen-bond acceptors (Lipinski definition) is 10. The molecule has 1 heterocycles. The topological polar surface area (TPSA) is 187 Å². The Morgan fingerprint density at radius 3 is 2.69 bits per heavy atom. The van der Waals surface area contributed by atoms with Crippen molar-refractivity contribution in [3.05, 3.63) is 23.2 Å². The molecule has 0 aromatic carbocycles. The van der Waals surface area contributed by atoms with Crippen molar-refractivity contribution < 1.29 is 101 Å². The van der Waals surface area contributed by atoms with Crippen LogP contribution in [0.1, 0.15) is 17.4 Å². The normalized spacial score (nSPS) is 17.4. The van der Waals surface area contributed by atoms with Crippen molar-refractivity contribution in [3.8, 4) is 0 Å². The van der Waals surface area contributed by atoms with Crippen LogP contribution in [0.15, 0.2) is 6.20 Å². The fourth-order valence-corrected chi connectivity index (χ4v) is 3.14. The molecule has 0 aliphatic rings. The Kier molecular flexibility index (Phi) is 13.3. The van der Waals surface area contributed by atoms with E-state index in [1.54, 1.807) is 0 Å². The molecule has 0 saturated heterocycles. The zero-order valence-corrected chi connectivity index (χ0v) is 22.6. The van der Waals surface area contributed by atoms with Gasteiger partial charge in [-0.25, -0.2) is 9.07 Å². The summed E-state index contributed by atoms with van der Waals surface area (Å²) in [7, 11) is -3.13. The molecule has 1 aromatic rings. The van der Waals surface area contributed by atoms with Gasteiger partial charge >= 0.3 is 58.2 Å². The van der Waals surface area contributed by atoms with E-state index in [4.69, 9.17) is 25.0 Å². The SMILES string of the molecule is COC(COP([NH-])(=O)OCCSC=O)[C@H](O)C(C)(O)n1cc(F)c(C(N)=O)n1.[Rb+]. The van der Waals surface area contributed by atoms with Gasteiger partial charge in [-0.1, -0.05) is 11.8 Å². The maximum atomic E-state index is 13.7. The maximum Gasteiger partial charge on any atom is 1.00 e. The van der Waals surface area contributed by atoms with Gasteiger partial charge in [0.15, 0.2) is 22.9 Å². The van der Waals surface area contributed by atoms with Gasteiger partial charge in [0, 0.05) is 12.9 Å². The van der Waals surface area contributed by atoms with Crippen molar-refractivity contribution in [1.82, 2.24) is 9.78 Å². The van der Waals surface area contributed by atoms with Gasteiger partial charge in [0.05, 0.1) is 19.4 Å². The number of aliphatic hydroxyl groups excluding tert-OH is 1. The van der Waals surface area contributed by atoms with Crippen LogP contribution in [-0.4, -0.2) is 69.8 Å². The molecule has 0 aliphatic heterocycles. The van der Waals surface area contributed by atoms with Crippen molar-refractivity contribution in [2.45, 2.75) is 24.9 Å². The summed E-state index contributed by atoms with van der Waals surface area (Å²) in [6.45, 7) is 0.223. The third-order valence-corrected chi connectivity index (χ3v) is 5.07. The van der Waals surface area contributed by atoms with E-state index < -0.39 is 49.7 Å². The van der Waals surface area contributed by atoms with Crippen molar-refractivity contribution in [1.29, 1.82) is 0 Å².